The summed E-state index contributed by atoms with van der Waals surface area (Å²) in [6, 6.07) is 0. The number of nitrogens with zero attached hydrogens (tertiary/aromatic N) is 3. The van der Waals surface area contributed by atoms with Crippen molar-refractivity contribution in [1.29, 1.82) is 0 Å². The van der Waals surface area contributed by atoms with Crippen molar-refractivity contribution in [2.45, 2.75) is 45.1 Å². The molecule has 1 aliphatic rings. The Labute approximate surface area is 84.5 Å². The summed E-state index contributed by atoms with van der Waals surface area (Å²) >= 11 is 0. The third-order valence-corrected chi connectivity index (χ3v) is 3.05. The van der Waals surface area contributed by atoms with Crippen LogP contribution < -0.4 is 5.73 Å². The van der Waals surface area contributed by atoms with Gasteiger partial charge in [-0.25, -0.2) is 0 Å². The van der Waals surface area contributed by atoms with E-state index in [0.717, 1.165) is 12.5 Å². The van der Waals surface area contributed by atoms with Crippen molar-refractivity contribution in [3.63, 3.8) is 0 Å². The van der Waals surface area contributed by atoms with Gasteiger partial charge in [-0.3, -0.25) is 4.68 Å². The second kappa shape index (κ2) is 4.44. The van der Waals surface area contributed by atoms with Crippen LogP contribution in [0.25, 0.3) is 0 Å². The van der Waals surface area contributed by atoms with Gasteiger partial charge in [0, 0.05) is 6.54 Å². The van der Waals surface area contributed by atoms with Crippen molar-refractivity contribution in [1.82, 2.24) is 15.0 Å². The van der Waals surface area contributed by atoms with Crippen LogP contribution in [-0.4, -0.2) is 15.0 Å². The predicted molar refractivity (Wildman–Crippen MR) is 55.6 cm³/mol. The van der Waals surface area contributed by atoms with E-state index in [2.05, 4.69) is 10.3 Å². The standard InChI is InChI=1S/C10H18N4/c11-10-8-14(13-12-10)7-6-9-4-2-1-3-5-9/h8-9H,1-7,11H2. The van der Waals surface area contributed by atoms with Crippen LogP contribution >= 0.6 is 0 Å². The Morgan fingerprint density at radius 1 is 1.36 bits per heavy atom. The molecule has 0 spiro atoms. The van der Waals surface area contributed by atoms with Gasteiger partial charge >= 0.3 is 0 Å². The monoisotopic (exact) mass is 194 g/mol. The molecule has 4 heteroatoms. The van der Waals surface area contributed by atoms with E-state index in [-0.39, 0.29) is 0 Å². The van der Waals surface area contributed by atoms with Gasteiger partial charge in [-0.1, -0.05) is 37.3 Å². The van der Waals surface area contributed by atoms with E-state index < -0.39 is 0 Å². The minimum atomic E-state index is 0.522. The quantitative estimate of drug-likeness (QED) is 0.798. The van der Waals surface area contributed by atoms with E-state index in [1.807, 2.05) is 10.9 Å². The van der Waals surface area contributed by atoms with Crippen LogP contribution in [0.15, 0.2) is 6.20 Å². The third kappa shape index (κ3) is 2.47. The molecule has 0 unspecified atom stereocenters. The van der Waals surface area contributed by atoms with Crippen molar-refractivity contribution in [3.05, 3.63) is 6.20 Å². The Kier molecular flexibility index (Phi) is 3.01. The first-order chi connectivity index (χ1) is 6.84. The Hall–Kier alpha value is -1.06. The van der Waals surface area contributed by atoms with Crippen molar-refractivity contribution < 1.29 is 0 Å². The SMILES string of the molecule is Nc1cn(CCC2CCCCC2)nn1. The van der Waals surface area contributed by atoms with Gasteiger partial charge in [0.05, 0.1) is 6.20 Å². The zero-order valence-electron chi connectivity index (χ0n) is 8.52. The summed E-state index contributed by atoms with van der Waals surface area (Å²) in [6.07, 6.45) is 10.1. The number of anilines is 1. The van der Waals surface area contributed by atoms with Gasteiger partial charge in [0.25, 0.3) is 0 Å². The highest BCUT2D eigenvalue weighted by Crippen LogP contribution is 2.26. The molecule has 1 heterocycles. The van der Waals surface area contributed by atoms with Crippen LogP contribution in [-0.2, 0) is 6.54 Å². The predicted octanol–water partition coefficient (Wildman–Crippen LogP) is 1.83. The summed E-state index contributed by atoms with van der Waals surface area (Å²) in [4.78, 5) is 0. The van der Waals surface area contributed by atoms with Crippen molar-refractivity contribution in [2.24, 2.45) is 5.92 Å². The summed E-state index contributed by atoms with van der Waals surface area (Å²) in [6.45, 7) is 0.967. The normalized spacial score (nSPS) is 18.6. The van der Waals surface area contributed by atoms with E-state index in [9.17, 15) is 0 Å². The molecule has 2 rings (SSSR count). The first-order valence-electron chi connectivity index (χ1n) is 5.50. The molecular formula is C10H18N4. The fraction of sp³-hybridized carbons (Fsp3) is 0.800. The lowest BCUT2D eigenvalue weighted by Gasteiger charge is -2.20. The highest BCUT2D eigenvalue weighted by Gasteiger charge is 2.13. The van der Waals surface area contributed by atoms with Crippen LogP contribution in [0.1, 0.15) is 38.5 Å². The molecule has 0 aromatic carbocycles. The smallest absolute Gasteiger partial charge is 0.165 e. The maximum absolute atomic E-state index is 5.49. The number of aromatic nitrogens is 3. The van der Waals surface area contributed by atoms with Crippen molar-refractivity contribution in [2.75, 3.05) is 5.73 Å². The van der Waals surface area contributed by atoms with Gasteiger partial charge < -0.3 is 5.73 Å². The lowest BCUT2D eigenvalue weighted by molar-refractivity contribution is 0.317. The summed E-state index contributed by atoms with van der Waals surface area (Å²) in [5.41, 5.74) is 5.49. The van der Waals surface area contributed by atoms with Crippen LogP contribution in [0.4, 0.5) is 5.82 Å². The van der Waals surface area contributed by atoms with Gasteiger partial charge in [-0.15, -0.1) is 5.10 Å². The second-order valence-electron chi connectivity index (χ2n) is 4.20. The molecule has 14 heavy (non-hydrogen) atoms. The number of nitrogen functional groups attached to an aromatic ring is 1. The lowest BCUT2D eigenvalue weighted by atomic mass is 9.87. The maximum atomic E-state index is 5.49. The average Bonchev–Trinajstić information content (AvgIpc) is 2.63. The van der Waals surface area contributed by atoms with E-state index in [4.69, 9.17) is 5.73 Å². The molecular weight excluding hydrogens is 176 g/mol. The molecule has 0 amide bonds. The summed E-state index contributed by atoms with van der Waals surface area (Å²) in [5, 5.41) is 7.71. The molecule has 0 radical (unpaired) electrons. The zero-order valence-corrected chi connectivity index (χ0v) is 8.52. The molecule has 1 aromatic rings. The van der Waals surface area contributed by atoms with E-state index in [0.29, 0.717) is 5.82 Å². The minimum absolute atomic E-state index is 0.522. The topological polar surface area (TPSA) is 56.7 Å². The molecule has 78 valence electrons. The van der Waals surface area contributed by atoms with Crippen LogP contribution in [0.3, 0.4) is 0 Å². The molecule has 0 saturated heterocycles. The third-order valence-electron chi connectivity index (χ3n) is 3.05. The Morgan fingerprint density at radius 2 is 2.14 bits per heavy atom. The molecule has 1 fully saturated rings. The summed E-state index contributed by atoms with van der Waals surface area (Å²) in [7, 11) is 0. The molecule has 1 aromatic heterocycles. The van der Waals surface area contributed by atoms with Crippen LogP contribution in [0.5, 0.6) is 0 Å². The number of hydrogen-bond donors (Lipinski definition) is 1. The maximum Gasteiger partial charge on any atom is 0.165 e. The van der Waals surface area contributed by atoms with Crippen LogP contribution in [0, 0.1) is 5.92 Å². The Morgan fingerprint density at radius 3 is 2.79 bits per heavy atom. The van der Waals surface area contributed by atoms with Gasteiger partial charge in [-0.05, 0) is 12.3 Å². The molecule has 4 nitrogen and oxygen atoms in total. The number of nitrogens with two attached hydrogens (primary N) is 1. The minimum Gasteiger partial charge on any atom is -0.381 e. The lowest BCUT2D eigenvalue weighted by Crippen LogP contribution is -2.10. The summed E-state index contributed by atoms with van der Waals surface area (Å²) < 4.78 is 1.85. The van der Waals surface area contributed by atoms with E-state index in [1.54, 1.807) is 0 Å². The summed E-state index contributed by atoms with van der Waals surface area (Å²) in [5.74, 6) is 1.42. The average molecular weight is 194 g/mol. The highest BCUT2D eigenvalue weighted by molar-refractivity contribution is 5.19. The van der Waals surface area contributed by atoms with E-state index >= 15 is 0 Å². The van der Waals surface area contributed by atoms with Crippen molar-refractivity contribution >= 4 is 5.82 Å². The molecule has 1 aliphatic carbocycles. The first-order valence-corrected chi connectivity index (χ1v) is 5.50. The van der Waals surface area contributed by atoms with Crippen LogP contribution in [0.2, 0.25) is 0 Å². The van der Waals surface area contributed by atoms with Gasteiger partial charge in [0.2, 0.25) is 0 Å². The largest absolute Gasteiger partial charge is 0.381 e. The van der Waals surface area contributed by atoms with Gasteiger partial charge in [0.15, 0.2) is 5.82 Å². The van der Waals surface area contributed by atoms with Gasteiger partial charge in [0.1, 0.15) is 0 Å². The van der Waals surface area contributed by atoms with Gasteiger partial charge in [-0.2, -0.15) is 0 Å². The molecule has 0 atom stereocenters. The Balaban J connectivity index is 1.76. The molecule has 0 aliphatic heterocycles. The number of aryl methyl sites for hydroxylation is 1. The van der Waals surface area contributed by atoms with E-state index in [1.165, 1.54) is 38.5 Å². The Bertz CT molecular complexity index is 275. The molecule has 1 saturated carbocycles. The van der Waals surface area contributed by atoms with Crippen molar-refractivity contribution in [3.8, 4) is 0 Å². The fourth-order valence-electron chi connectivity index (χ4n) is 2.21. The zero-order chi connectivity index (χ0) is 9.80. The second-order valence-corrected chi connectivity index (χ2v) is 4.20. The molecule has 0 bridgehead atoms. The number of hydrogen-bond acceptors (Lipinski definition) is 3. The highest BCUT2D eigenvalue weighted by atomic mass is 15.4. The fourth-order valence-corrected chi connectivity index (χ4v) is 2.21. The number of rotatable bonds is 3. The first kappa shape index (κ1) is 9.49. The molecule has 2 N–H and O–H groups in total.